The van der Waals surface area contributed by atoms with Crippen molar-refractivity contribution in [3.8, 4) is 0 Å². The fraction of sp³-hybridized carbons (Fsp3) is 0.385. The largest absolute Gasteiger partial charge is 0.0912 e. The van der Waals surface area contributed by atoms with Gasteiger partial charge in [0.15, 0.2) is 0 Å². The first kappa shape index (κ1) is 10.0. The van der Waals surface area contributed by atoms with Crippen molar-refractivity contribution in [1.29, 1.82) is 0 Å². The number of hydrogen-bond donors (Lipinski definition) is 0. The molecule has 0 saturated heterocycles. The molecule has 13 heavy (non-hydrogen) atoms. The van der Waals surface area contributed by atoms with Crippen LogP contribution in [0.4, 0.5) is 0 Å². The molecule has 0 heterocycles. The van der Waals surface area contributed by atoms with E-state index in [1.54, 1.807) is 0 Å². The van der Waals surface area contributed by atoms with E-state index in [1.807, 2.05) is 0 Å². The first-order chi connectivity index (χ1) is 6.15. The second-order valence-corrected chi connectivity index (χ2v) is 3.66. The van der Waals surface area contributed by atoms with Gasteiger partial charge in [0.25, 0.3) is 0 Å². The van der Waals surface area contributed by atoms with Gasteiger partial charge in [-0.15, -0.1) is 0 Å². The maximum Gasteiger partial charge on any atom is -0.0236 e. The highest BCUT2D eigenvalue weighted by Crippen LogP contribution is 2.26. The van der Waals surface area contributed by atoms with Gasteiger partial charge in [-0.2, -0.15) is 0 Å². The third-order valence-corrected chi connectivity index (χ3v) is 2.65. The molecule has 0 heteroatoms. The predicted molar refractivity (Wildman–Crippen MR) is 59.6 cm³/mol. The van der Waals surface area contributed by atoms with E-state index >= 15 is 0 Å². The zero-order chi connectivity index (χ0) is 9.84. The molecule has 0 saturated carbocycles. The normalized spacial score (nSPS) is 17.9. The highest BCUT2D eigenvalue weighted by molar-refractivity contribution is 5.46. The number of allylic oxidation sites excluding steroid dienone is 7. The first-order valence-electron chi connectivity index (χ1n) is 4.84. The van der Waals surface area contributed by atoms with Crippen LogP contribution in [0.2, 0.25) is 0 Å². The van der Waals surface area contributed by atoms with Gasteiger partial charge in [0.2, 0.25) is 0 Å². The molecule has 0 aromatic rings. The van der Waals surface area contributed by atoms with Crippen molar-refractivity contribution in [2.24, 2.45) is 0 Å². The van der Waals surface area contributed by atoms with Gasteiger partial charge in [-0.25, -0.2) is 0 Å². The van der Waals surface area contributed by atoms with E-state index in [9.17, 15) is 0 Å². The summed E-state index contributed by atoms with van der Waals surface area (Å²) in [5.74, 6) is 0. The van der Waals surface area contributed by atoms with Gasteiger partial charge >= 0.3 is 0 Å². The number of hydrogen-bond acceptors (Lipinski definition) is 0. The maximum absolute atomic E-state index is 4.11. The third kappa shape index (κ3) is 2.45. The first-order valence-corrected chi connectivity index (χ1v) is 4.84. The minimum atomic E-state index is 1.15. The lowest BCUT2D eigenvalue weighted by atomic mass is 9.91. The van der Waals surface area contributed by atoms with Crippen LogP contribution < -0.4 is 0 Å². The predicted octanol–water partition coefficient (Wildman–Crippen LogP) is 4.18. The second-order valence-electron chi connectivity index (χ2n) is 3.66. The summed E-state index contributed by atoms with van der Waals surface area (Å²) in [6, 6.07) is 0. The molecule has 1 aliphatic carbocycles. The summed E-state index contributed by atoms with van der Waals surface area (Å²) in [6.45, 7) is 10.5. The molecule has 0 aliphatic heterocycles. The van der Waals surface area contributed by atoms with Gasteiger partial charge in [-0.3, -0.25) is 0 Å². The van der Waals surface area contributed by atoms with Gasteiger partial charge in [0, 0.05) is 0 Å². The zero-order valence-electron chi connectivity index (χ0n) is 8.85. The monoisotopic (exact) mass is 174 g/mol. The lowest BCUT2D eigenvalue weighted by Gasteiger charge is -2.14. The van der Waals surface area contributed by atoms with Crippen LogP contribution in [-0.2, 0) is 0 Å². The van der Waals surface area contributed by atoms with Crippen LogP contribution in [0.1, 0.15) is 33.6 Å². The highest BCUT2D eigenvalue weighted by atomic mass is 14.1. The van der Waals surface area contributed by atoms with Crippen molar-refractivity contribution in [1.82, 2.24) is 0 Å². The van der Waals surface area contributed by atoms with Gasteiger partial charge < -0.3 is 0 Å². The number of rotatable bonds is 2. The van der Waals surface area contributed by atoms with Crippen molar-refractivity contribution in [3.05, 3.63) is 47.1 Å². The van der Waals surface area contributed by atoms with Crippen LogP contribution in [-0.4, -0.2) is 0 Å². The Morgan fingerprint density at radius 2 is 2.08 bits per heavy atom. The van der Waals surface area contributed by atoms with E-state index in [4.69, 9.17) is 0 Å². The molecule has 0 amide bonds. The fourth-order valence-corrected chi connectivity index (χ4v) is 1.42. The van der Waals surface area contributed by atoms with Crippen LogP contribution in [0.3, 0.4) is 0 Å². The molecule has 70 valence electrons. The van der Waals surface area contributed by atoms with Gasteiger partial charge in [-0.1, -0.05) is 30.4 Å². The van der Waals surface area contributed by atoms with Crippen molar-refractivity contribution in [3.63, 3.8) is 0 Å². The smallest absolute Gasteiger partial charge is 0.0236 e. The molecule has 0 fully saturated rings. The molecule has 0 unspecified atom stereocenters. The molecule has 0 bridgehead atoms. The Labute approximate surface area is 81.4 Å². The van der Waals surface area contributed by atoms with E-state index in [1.165, 1.54) is 28.7 Å². The van der Waals surface area contributed by atoms with E-state index < -0.39 is 0 Å². The second kappa shape index (κ2) is 4.27. The lowest BCUT2D eigenvalue weighted by Crippen LogP contribution is -1.95. The molecule has 0 nitrogen and oxygen atoms in total. The molecule has 1 rings (SSSR count). The quantitative estimate of drug-likeness (QED) is 0.551. The SMILES string of the molecule is C=C(C1=CC=C(C)CC1)/C(C)=C\C. The molecule has 0 N–H and O–H groups in total. The van der Waals surface area contributed by atoms with E-state index in [0.29, 0.717) is 0 Å². The lowest BCUT2D eigenvalue weighted by molar-refractivity contribution is 0.915. The zero-order valence-corrected chi connectivity index (χ0v) is 8.85. The standard InChI is InChI=1S/C13H18/c1-5-11(3)12(4)13-8-6-10(2)7-9-13/h5-6,8H,4,7,9H2,1-3H3/b11-5-. The summed E-state index contributed by atoms with van der Waals surface area (Å²) in [5, 5.41) is 0. The van der Waals surface area contributed by atoms with Crippen molar-refractivity contribution < 1.29 is 0 Å². The average Bonchev–Trinajstić information content (AvgIpc) is 2.17. The fourth-order valence-electron chi connectivity index (χ4n) is 1.42. The van der Waals surface area contributed by atoms with Crippen molar-refractivity contribution in [2.45, 2.75) is 33.6 Å². The summed E-state index contributed by atoms with van der Waals surface area (Å²) in [4.78, 5) is 0. The topological polar surface area (TPSA) is 0 Å². The van der Waals surface area contributed by atoms with Gasteiger partial charge in [-0.05, 0) is 50.3 Å². The van der Waals surface area contributed by atoms with Gasteiger partial charge in [0.05, 0.1) is 0 Å². The Kier molecular flexibility index (Phi) is 3.30. The van der Waals surface area contributed by atoms with Crippen LogP contribution in [0.15, 0.2) is 47.1 Å². The maximum atomic E-state index is 4.11. The average molecular weight is 174 g/mol. The molecule has 1 aliphatic rings. The Morgan fingerprint density at radius 3 is 2.54 bits per heavy atom. The Hall–Kier alpha value is -1.04. The van der Waals surface area contributed by atoms with Crippen LogP contribution in [0.25, 0.3) is 0 Å². The van der Waals surface area contributed by atoms with Crippen LogP contribution in [0, 0.1) is 0 Å². The van der Waals surface area contributed by atoms with E-state index in [0.717, 1.165) is 6.42 Å². The summed E-state index contributed by atoms with van der Waals surface area (Å²) >= 11 is 0. The molecular weight excluding hydrogens is 156 g/mol. The summed E-state index contributed by atoms with van der Waals surface area (Å²) < 4.78 is 0. The molecule has 0 aromatic carbocycles. The van der Waals surface area contributed by atoms with Crippen molar-refractivity contribution >= 4 is 0 Å². The Bertz CT molecular complexity index is 298. The molecule has 0 atom stereocenters. The van der Waals surface area contributed by atoms with E-state index in [2.05, 4.69) is 45.6 Å². The summed E-state index contributed by atoms with van der Waals surface area (Å²) in [5.41, 5.74) is 5.35. The van der Waals surface area contributed by atoms with Crippen molar-refractivity contribution in [2.75, 3.05) is 0 Å². The third-order valence-electron chi connectivity index (χ3n) is 2.65. The minimum absolute atomic E-state index is 1.15. The Morgan fingerprint density at radius 1 is 1.38 bits per heavy atom. The summed E-state index contributed by atoms with van der Waals surface area (Å²) in [7, 11) is 0. The summed E-state index contributed by atoms with van der Waals surface area (Å²) in [6.07, 6.45) is 8.85. The highest BCUT2D eigenvalue weighted by Gasteiger charge is 2.07. The molecule has 0 radical (unpaired) electrons. The Balaban J connectivity index is 2.80. The van der Waals surface area contributed by atoms with E-state index in [-0.39, 0.29) is 0 Å². The van der Waals surface area contributed by atoms with Crippen LogP contribution in [0.5, 0.6) is 0 Å². The molecule has 0 spiro atoms. The van der Waals surface area contributed by atoms with Gasteiger partial charge in [0.1, 0.15) is 0 Å². The molecule has 0 aromatic heterocycles. The molecular formula is C13H18. The minimum Gasteiger partial charge on any atom is -0.0912 e. The van der Waals surface area contributed by atoms with Crippen LogP contribution >= 0.6 is 0 Å².